The summed E-state index contributed by atoms with van der Waals surface area (Å²) in [5, 5.41) is 11.6. The van der Waals surface area contributed by atoms with Crippen molar-refractivity contribution in [2.75, 3.05) is 13.2 Å². The van der Waals surface area contributed by atoms with E-state index in [1.165, 1.54) is 6.08 Å². The number of ether oxygens (including phenoxy) is 3. The van der Waals surface area contributed by atoms with Crippen LogP contribution in [0.2, 0.25) is 0 Å². The first-order chi connectivity index (χ1) is 15.9. The zero-order valence-electron chi connectivity index (χ0n) is 20.9. The standard InChI is InChI=1S/C27H37FO6/c1-6-25(32-7-2)33-15-22(31)27(34-25)16(3)12-20-19-9-8-17-13-18(29)10-11-23(17,4)26(19,28)21(30)14-24(20,27)5/h10-11,13,16,19-21,30H,6-9,12,14-15H2,1-5H3/t16-,19-,20-,21-,23-,24-,25?,26-,27-/m0/s1. The fourth-order valence-corrected chi connectivity index (χ4v) is 8.52. The van der Waals surface area contributed by atoms with Crippen molar-refractivity contribution in [1.29, 1.82) is 0 Å². The maximum Gasteiger partial charge on any atom is 0.284 e. The summed E-state index contributed by atoms with van der Waals surface area (Å²) in [7, 11) is 0. The van der Waals surface area contributed by atoms with Crippen molar-refractivity contribution in [1.82, 2.24) is 0 Å². The Labute approximate surface area is 200 Å². The molecule has 1 aliphatic heterocycles. The molecule has 0 aromatic heterocycles. The third-order valence-corrected chi connectivity index (χ3v) is 10.1. The number of aliphatic hydroxyl groups is 1. The van der Waals surface area contributed by atoms with E-state index in [2.05, 4.69) is 0 Å². The molecule has 4 aliphatic carbocycles. The van der Waals surface area contributed by atoms with Crippen LogP contribution in [0.15, 0.2) is 23.8 Å². The molecule has 3 saturated carbocycles. The minimum atomic E-state index is -1.93. The maximum atomic E-state index is 17.4. The van der Waals surface area contributed by atoms with Crippen LogP contribution in [0, 0.1) is 28.6 Å². The predicted molar refractivity (Wildman–Crippen MR) is 122 cm³/mol. The van der Waals surface area contributed by atoms with Crippen molar-refractivity contribution in [3.8, 4) is 0 Å². The van der Waals surface area contributed by atoms with Crippen LogP contribution in [0.1, 0.15) is 66.7 Å². The Balaban J connectivity index is 1.61. The lowest BCUT2D eigenvalue weighted by atomic mass is 9.44. The molecule has 4 fully saturated rings. The predicted octanol–water partition coefficient (Wildman–Crippen LogP) is 4.06. The SMILES string of the molecule is CCOC1(CC)OCC(=O)[C@@]2(O1)[C@@H](C)C[C@H]1[C@@H]3CCC4=CC(=O)C=C[C@]4(C)[C@@]3(F)[C@@H](O)C[C@@]12C. The number of aliphatic hydroxyl groups excluding tert-OH is 1. The van der Waals surface area contributed by atoms with Gasteiger partial charge in [-0.2, -0.15) is 0 Å². The summed E-state index contributed by atoms with van der Waals surface area (Å²) in [5.74, 6) is -2.44. The summed E-state index contributed by atoms with van der Waals surface area (Å²) in [6.07, 6.45) is 5.56. The van der Waals surface area contributed by atoms with Crippen molar-refractivity contribution in [2.24, 2.45) is 28.6 Å². The topological polar surface area (TPSA) is 82.1 Å². The average Bonchev–Trinajstić information content (AvgIpc) is 3.00. The van der Waals surface area contributed by atoms with Crippen LogP contribution in [-0.4, -0.2) is 53.2 Å². The number of hydrogen-bond donors (Lipinski definition) is 1. The van der Waals surface area contributed by atoms with Gasteiger partial charge in [-0.15, -0.1) is 0 Å². The van der Waals surface area contributed by atoms with Crippen LogP contribution in [0.5, 0.6) is 0 Å². The van der Waals surface area contributed by atoms with Crippen LogP contribution in [-0.2, 0) is 23.8 Å². The van der Waals surface area contributed by atoms with Gasteiger partial charge in [-0.3, -0.25) is 9.59 Å². The second kappa shape index (κ2) is 7.55. The molecule has 5 aliphatic rings. The summed E-state index contributed by atoms with van der Waals surface area (Å²) in [6, 6.07) is 0. The highest BCUT2D eigenvalue weighted by molar-refractivity contribution is 6.01. The number of allylic oxidation sites excluding steroid dienone is 4. The minimum Gasteiger partial charge on any atom is -0.390 e. The van der Waals surface area contributed by atoms with Crippen LogP contribution >= 0.6 is 0 Å². The van der Waals surface area contributed by atoms with Gasteiger partial charge in [0.2, 0.25) is 0 Å². The molecule has 1 spiro atoms. The Morgan fingerprint density at radius 2 is 1.97 bits per heavy atom. The van der Waals surface area contributed by atoms with E-state index >= 15 is 4.39 Å². The largest absolute Gasteiger partial charge is 0.390 e. The first-order valence-electron chi connectivity index (χ1n) is 12.8. The number of rotatable bonds is 3. The fraction of sp³-hybridized carbons (Fsp3) is 0.778. The molecular weight excluding hydrogens is 439 g/mol. The van der Waals surface area contributed by atoms with E-state index in [4.69, 9.17) is 14.2 Å². The van der Waals surface area contributed by atoms with Crippen molar-refractivity contribution >= 4 is 11.6 Å². The Kier molecular flexibility index (Phi) is 5.39. The molecule has 0 aromatic carbocycles. The molecule has 1 N–H and O–H groups in total. The van der Waals surface area contributed by atoms with Gasteiger partial charge in [-0.1, -0.05) is 32.4 Å². The van der Waals surface area contributed by atoms with E-state index in [-0.39, 0.29) is 36.4 Å². The normalized spacial score (nSPS) is 52.3. The van der Waals surface area contributed by atoms with Crippen molar-refractivity contribution in [2.45, 2.75) is 90.1 Å². The fourth-order valence-electron chi connectivity index (χ4n) is 8.52. The first kappa shape index (κ1) is 24.3. The number of Topliss-reactive ketones (excluding diaryl/α,β-unsaturated/α-hetero) is 1. The molecule has 0 amide bonds. The van der Waals surface area contributed by atoms with Gasteiger partial charge in [-0.25, -0.2) is 4.39 Å². The van der Waals surface area contributed by atoms with Crippen molar-refractivity contribution in [3.63, 3.8) is 0 Å². The van der Waals surface area contributed by atoms with E-state index in [1.807, 2.05) is 27.7 Å². The number of hydrogen-bond acceptors (Lipinski definition) is 6. The highest BCUT2D eigenvalue weighted by Crippen LogP contribution is 2.72. The Morgan fingerprint density at radius 3 is 2.65 bits per heavy atom. The molecule has 0 aromatic rings. The quantitative estimate of drug-likeness (QED) is 0.662. The van der Waals surface area contributed by atoms with Crippen molar-refractivity contribution in [3.05, 3.63) is 23.8 Å². The number of halogens is 1. The molecule has 1 heterocycles. The average molecular weight is 477 g/mol. The molecule has 34 heavy (non-hydrogen) atoms. The highest BCUT2D eigenvalue weighted by Gasteiger charge is 2.78. The van der Waals surface area contributed by atoms with Gasteiger partial charge in [0.15, 0.2) is 17.2 Å². The number of ketones is 2. The lowest BCUT2D eigenvalue weighted by Gasteiger charge is -2.63. The second-order valence-electron chi connectivity index (χ2n) is 11.4. The number of carbonyl (C=O) groups is 2. The lowest BCUT2D eigenvalue weighted by molar-refractivity contribution is -0.435. The Hall–Kier alpha value is -1.41. The van der Waals surface area contributed by atoms with Crippen LogP contribution in [0.4, 0.5) is 4.39 Å². The smallest absolute Gasteiger partial charge is 0.284 e. The van der Waals surface area contributed by atoms with E-state index in [9.17, 15) is 14.7 Å². The van der Waals surface area contributed by atoms with Crippen LogP contribution in [0.25, 0.3) is 0 Å². The highest BCUT2D eigenvalue weighted by atomic mass is 19.1. The molecule has 6 nitrogen and oxygen atoms in total. The Bertz CT molecular complexity index is 976. The maximum absolute atomic E-state index is 17.4. The zero-order chi connectivity index (χ0) is 24.7. The minimum absolute atomic E-state index is 0.0946. The molecule has 9 atom stereocenters. The molecule has 5 rings (SSSR count). The van der Waals surface area contributed by atoms with E-state index < -0.39 is 40.1 Å². The van der Waals surface area contributed by atoms with Crippen LogP contribution in [0.3, 0.4) is 0 Å². The lowest BCUT2D eigenvalue weighted by Crippen LogP contribution is -2.72. The first-order valence-corrected chi connectivity index (χ1v) is 12.8. The van der Waals surface area contributed by atoms with E-state index in [1.54, 1.807) is 19.1 Å². The zero-order valence-corrected chi connectivity index (χ0v) is 20.9. The molecular formula is C27H37FO6. The summed E-state index contributed by atoms with van der Waals surface area (Å²) < 4.78 is 35.7. The summed E-state index contributed by atoms with van der Waals surface area (Å²) in [5.41, 5.74) is -4.24. The van der Waals surface area contributed by atoms with Gasteiger partial charge in [0.25, 0.3) is 5.97 Å². The third kappa shape index (κ3) is 2.70. The van der Waals surface area contributed by atoms with Gasteiger partial charge in [0.1, 0.15) is 12.2 Å². The molecule has 7 heteroatoms. The second-order valence-corrected chi connectivity index (χ2v) is 11.4. The molecule has 188 valence electrons. The van der Waals surface area contributed by atoms with Gasteiger partial charge < -0.3 is 19.3 Å². The summed E-state index contributed by atoms with van der Waals surface area (Å²) in [6.45, 7) is 9.79. The molecule has 0 radical (unpaired) electrons. The van der Waals surface area contributed by atoms with Gasteiger partial charge >= 0.3 is 0 Å². The Morgan fingerprint density at radius 1 is 1.24 bits per heavy atom. The summed E-state index contributed by atoms with van der Waals surface area (Å²) >= 11 is 0. The number of alkyl halides is 1. The summed E-state index contributed by atoms with van der Waals surface area (Å²) in [4.78, 5) is 25.7. The molecule has 1 unspecified atom stereocenters. The van der Waals surface area contributed by atoms with E-state index in [0.29, 0.717) is 32.3 Å². The van der Waals surface area contributed by atoms with Crippen molar-refractivity contribution < 1.29 is 33.3 Å². The molecule has 0 bridgehead atoms. The van der Waals surface area contributed by atoms with E-state index in [0.717, 1.165) is 5.57 Å². The van der Waals surface area contributed by atoms with Gasteiger partial charge in [0.05, 0.1) is 6.10 Å². The monoisotopic (exact) mass is 476 g/mol. The van der Waals surface area contributed by atoms with Gasteiger partial charge in [-0.05, 0) is 63.5 Å². The third-order valence-electron chi connectivity index (χ3n) is 10.1. The number of carbonyl (C=O) groups excluding carboxylic acids is 2. The van der Waals surface area contributed by atoms with Gasteiger partial charge in [0, 0.05) is 29.8 Å². The molecule has 1 saturated heterocycles. The van der Waals surface area contributed by atoms with Crippen LogP contribution < -0.4 is 0 Å². The number of fused-ring (bicyclic) bond motifs is 6.